The summed E-state index contributed by atoms with van der Waals surface area (Å²) in [4.78, 5) is 3.78. The number of unbranched alkanes of at least 4 members (excludes halogenated alkanes) is 3. The maximum atomic E-state index is 5.02. The Morgan fingerprint density at radius 3 is 1.57 bits per heavy atom. The largest absolute Gasteiger partial charge is 0.340 e. The van der Waals surface area contributed by atoms with Gasteiger partial charge in [0.15, 0.2) is 0 Å². The summed E-state index contributed by atoms with van der Waals surface area (Å²) >= 11 is 1.46. The summed E-state index contributed by atoms with van der Waals surface area (Å²) in [5, 5.41) is 1.77. The molecule has 1 rings (SSSR count). The molecule has 1 aliphatic heterocycles. The number of nitrogens with zero attached hydrogens (tertiary/aromatic N) is 1. The Morgan fingerprint density at radius 2 is 1.38 bits per heavy atom. The van der Waals surface area contributed by atoms with Crippen LogP contribution in [0.15, 0.2) is 10.4 Å². The molecule has 0 amide bonds. The Hall–Kier alpha value is 0.559. The first-order valence-electron chi connectivity index (χ1n) is 7.50. The van der Waals surface area contributed by atoms with Gasteiger partial charge < -0.3 is 4.74 Å². The molecule has 0 aromatic rings. The predicted molar refractivity (Wildman–Crippen MR) is 101 cm³/mol. The molecule has 0 spiro atoms. The smallest absolute Gasteiger partial charge is 0.282 e. The van der Waals surface area contributed by atoms with Gasteiger partial charge in [-0.15, -0.1) is 0 Å². The van der Waals surface area contributed by atoms with Crippen LogP contribution in [0.2, 0.25) is 0 Å². The Balaban J connectivity index is -0.0000000973. The molecule has 122 valence electrons. The van der Waals surface area contributed by atoms with E-state index in [2.05, 4.69) is 52.4 Å². The van der Waals surface area contributed by atoms with Crippen molar-refractivity contribution >= 4 is 41.5 Å². The number of hydrogen-bond acceptors (Lipinski definition) is 3. The van der Waals surface area contributed by atoms with Gasteiger partial charge in [-0.05, 0) is 12.8 Å². The molecule has 21 heavy (non-hydrogen) atoms. The number of aliphatic imine (C=N–C) groups is 1. The van der Waals surface area contributed by atoms with Gasteiger partial charge in [-0.1, -0.05) is 91.8 Å². The Kier molecular flexibility index (Phi) is 45.7. The molecule has 0 saturated heterocycles. The van der Waals surface area contributed by atoms with Crippen molar-refractivity contribution in [3.8, 4) is 0 Å². The molecular formula is C17H33NOSSn. The van der Waals surface area contributed by atoms with Crippen molar-refractivity contribution in [1.29, 1.82) is 0 Å². The third-order valence-electron chi connectivity index (χ3n) is 1.70. The summed E-state index contributed by atoms with van der Waals surface area (Å²) in [5.41, 5.74) is 0.701. The van der Waals surface area contributed by atoms with E-state index in [9.17, 15) is 0 Å². The molecule has 0 aromatic carbocycles. The minimum Gasteiger partial charge on any atom is -0.340 e. The molecule has 0 fully saturated rings. The zero-order valence-corrected chi connectivity index (χ0v) is 18.1. The van der Waals surface area contributed by atoms with Gasteiger partial charge in [0.25, 0.3) is 5.56 Å². The van der Waals surface area contributed by atoms with Gasteiger partial charge in [-0.2, -0.15) is 4.99 Å². The van der Waals surface area contributed by atoms with Crippen molar-refractivity contribution in [3.05, 3.63) is 31.7 Å². The summed E-state index contributed by atoms with van der Waals surface area (Å²) < 4.78 is 5.02. The Bertz CT molecular complexity index is 191. The van der Waals surface area contributed by atoms with Gasteiger partial charge in [-0.3, -0.25) is 0 Å². The molecule has 0 atom stereocenters. The summed E-state index contributed by atoms with van der Waals surface area (Å²) in [6, 6.07) is 0. The fourth-order valence-electron chi connectivity index (χ4n) is 0.372. The number of hydrogen-bond donors (Lipinski definition) is 0. The van der Waals surface area contributed by atoms with E-state index in [-0.39, 0.29) is 23.9 Å². The second kappa shape index (κ2) is 32.5. The minimum atomic E-state index is 0. The van der Waals surface area contributed by atoms with Crippen LogP contribution >= 0.6 is 11.8 Å². The molecule has 4 heteroatoms. The molecule has 0 unspecified atom stereocenters. The average Bonchev–Trinajstić information content (AvgIpc) is 3.01. The van der Waals surface area contributed by atoms with Crippen LogP contribution in [0.1, 0.15) is 66.2 Å². The molecule has 0 bridgehead atoms. The van der Waals surface area contributed by atoms with Crippen molar-refractivity contribution in [3.63, 3.8) is 0 Å². The fourth-order valence-corrected chi connectivity index (χ4v) is 0.869. The van der Waals surface area contributed by atoms with E-state index in [1.54, 1.807) is 5.41 Å². The van der Waals surface area contributed by atoms with E-state index in [1.807, 2.05) is 6.92 Å². The van der Waals surface area contributed by atoms with Crippen molar-refractivity contribution in [1.82, 2.24) is 0 Å². The molecule has 1 aliphatic rings. The second-order valence-electron chi connectivity index (χ2n) is 3.74. The average molecular weight is 418 g/mol. The van der Waals surface area contributed by atoms with Crippen LogP contribution in [0, 0.1) is 26.3 Å². The summed E-state index contributed by atoms with van der Waals surface area (Å²) in [5.74, 6) is 2.66. The zero-order chi connectivity index (χ0) is 16.1. The van der Waals surface area contributed by atoms with E-state index in [0.717, 1.165) is 19.3 Å². The number of ether oxygens (including phenoxy) is 1. The van der Waals surface area contributed by atoms with Crippen molar-refractivity contribution in [2.45, 2.75) is 66.2 Å². The van der Waals surface area contributed by atoms with Crippen LogP contribution in [-0.4, -0.2) is 36.4 Å². The van der Waals surface area contributed by atoms with E-state index in [0.29, 0.717) is 12.2 Å². The van der Waals surface area contributed by atoms with Crippen LogP contribution in [-0.2, 0) is 4.74 Å². The van der Waals surface area contributed by atoms with Crippen molar-refractivity contribution < 1.29 is 4.74 Å². The Morgan fingerprint density at radius 1 is 1.00 bits per heavy atom. The first-order chi connectivity index (χ1) is 9.67. The van der Waals surface area contributed by atoms with E-state index < -0.39 is 0 Å². The summed E-state index contributed by atoms with van der Waals surface area (Å²) in [6.45, 7) is 19.8. The van der Waals surface area contributed by atoms with E-state index >= 15 is 0 Å². The molecule has 2 nitrogen and oxygen atoms in total. The predicted octanol–water partition coefficient (Wildman–Crippen LogP) is 5.88. The number of thioether (sulfide) groups is 1. The van der Waals surface area contributed by atoms with Crippen LogP contribution in [0.5, 0.6) is 0 Å². The number of rotatable bonds is 5. The molecular weight excluding hydrogens is 385 g/mol. The van der Waals surface area contributed by atoms with Gasteiger partial charge in [0.05, 0.1) is 0 Å². The first kappa shape index (κ1) is 29.6. The van der Waals surface area contributed by atoms with Crippen LogP contribution in [0.25, 0.3) is 0 Å². The minimum absolute atomic E-state index is 0. The van der Waals surface area contributed by atoms with Crippen LogP contribution in [0.4, 0.5) is 0 Å². The quantitative estimate of drug-likeness (QED) is 0.520. The van der Waals surface area contributed by atoms with Gasteiger partial charge in [0.1, 0.15) is 0 Å². The SMILES string of the molecule is CCO[C]1N=C=CS1.[CH2]CCC.[CH2]CCC.[CH2]CCC.[Sn]. The van der Waals surface area contributed by atoms with Gasteiger partial charge in [0.2, 0.25) is 0 Å². The zero-order valence-electron chi connectivity index (χ0n) is 14.4. The summed E-state index contributed by atoms with van der Waals surface area (Å²) in [7, 11) is 0. The van der Waals surface area contributed by atoms with Gasteiger partial charge in [0, 0.05) is 35.9 Å². The van der Waals surface area contributed by atoms with E-state index in [1.165, 1.54) is 31.0 Å². The van der Waals surface area contributed by atoms with Gasteiger partial charge >= 0.3 is 0 Å². The molecule has 1 heterocycles. The third-order valence-corrected chi connectivity index (χ3v) is 2.33. The molecule has 0 saturated carbocycles. The van der Waals surface area contributed by atoms with Crippen LogP contribution in [0.3, 0.4) is 0 Å². The van der Waals surface area contributed by atoms with Crippen molar-refractivity contribution in [2.24, 2.45) is 4.99 Å². The van der Waals surface area contributed by atoms with Gasteiger partial charge in [-0.25, -0.2) is 0 Å². The Labute approximate surface area is 155 Å². The topological polar surface area (TPSA) is 21.6 Å². The van der Waals surface area contributed by atoms with Crippen LogP contribution < -0.4 is 0 Å². The standard InChI is InChI=1S/C5H6NOS.3C4H9.Sn/c1-2-7-5-6-3-4-8-5;3*1-3-4-2;/h4H,2H2,1H3;3*1,3-4H2,2H3;. The van der Waals surface area contributed by atoms with E-state index in [4.69, 9.17) is 4.74 Å². The monoisotopic (exact) mass is 419 g/mol. The molecule has 0 N–H and O–H groups in total. The summed E-state index contributed by atoms with van der Waals surface area (Å²) in [6.07, 6.45) is 6.83. The molecule has 0 aromatic heterocycles. The maximum absolute atomic E-state index is 5.02. The fraction of sp³-hybridized carbons (Fsp3) is 0.647. The second-order valence-corrected chi connectivity index (χ2v) is 4.56. The van der Waals surface area contributed by atoms with Crippen molar-refractivity contribution in [2.75, 3.05) is 6.61 Å². The normalized spacial score (nSPS) is 11.2. The first-order valence-corrected chi connectivity index (χ1v) is 8.38. The molecule has 0 aliphatic carbocycles. The maximum Gasteiger partial charge on any atom is 0.282 e. The molecule has 8 radical (unpaired) electrons. The third kappa shape index (κ3) is 38.5.